The highest BCUT2D eigenvalue weighted by molar-refractivity contribution is 7.98. The summed E-state index contributed by atoms with van der Waals surface area (Å²) in [5.41, 5.74) is 2.00. The molecule has 0 radical (unpaired) electrons. The molecule has 4 heterocycles. The Hall–Kier alpha value is -2.49. The molecule has 9 heteroatoms. The number of thioether (sulfide) groups is 1. The number of aryl methyl sites for hydroxylation is 2. The van der Waals surface area contributed by atoms with Crippen LogP contribution in [-0.4, -0.2) is 42.7 Å². The van der Waals surface area contributed by atoms with Crippen LogP contribution in [0.15, 0.2) is 40.3 Å². The molecule has 0 bridgehead atoms. The van der Waals surface area contributed by atoms with Crippen LogP contribution in [-0.2, 0) is 12.3 Å². The van der Waals surface area contributed by atoms with Crippen molar-refractivity contribution in [3.05, 3.63) is 62.8 Å². The molecule has 4 aromatic rings. The summed E-state index contributed by atoms with van der Waals surface area (Å²) in [7, 11) is 0. The fourth-order valence-corrected chi connectivity index (χ4v) is 5.86. The molecule has 7 nitrogen and oxygen atoms in total. The Labute approximate surface area is 188 Å². The molecule has 1 N–H and O–H groups in total. The number of benzene rings is 1. The normalized spacial score (nSPS) is 14.6. The number of nitrogens with one attached hydrogen (secondary N) is 1. The van der Waals surface area contributed by atoms with Crippen LogP contribution in [0.3, 0.4) is 0 Å². The standard InChI is InChI=1S/C22H24N6OS2/c1-14-15(2)31-21-19(14)20(29)23-17(24-21)13-30-22-26-25-18(12-27-10-6-7-11-27)28(22)16-8-4-3-5-9-16/h3-5,8-9H,6-7,10-13H2,1-2H3,(H,23,24,29). The smallest absolute Gasteiger partial charge is 0.259 e. The van der Waals surface area contributed by atoms with E-state index in [4.69, 9.17) is 4.98 Å². The van der Waals surface area contributed by atoms with Crippen molar-refractivity contribution in [3.8, 4) is 5.69 Å². The first kappa shape index (κ1) is 20.4. The van der Waals surface area contributed by atoms with Gasteiger partial charge in [0.1, 0.15) is 10.7 Å². The number of aromatic nitrogens is 5. The maximum atomic E-state index is 12.6. The van der Waals surface area contributed by atoms with Crippen LogP contribution in [0.4, 0.5) is 0 Å². The van der Waals surface area contributed by atoms with Crippen LogP contribution < -0.4 is 5.56 Å². The van der Waals surface area contributed by atoms with Gasteiger partial charge >= 0.3 is 0 Å². The lowest BCUT2D eigenvalue weighted by Gasteiger charge is -2.15. The van der Waals surface area contributed by atoms with Crippen molar-refractivity contribution in [1.29, 1.82) is 0 Å². The second-order valence-electron chi connectivity index (χ2n) is 7.82. The Bertz CT molecular complexity index is 1270. The summed E-state index contributed by atoms with van der Waals surface area (Å²) >= 11 is 3.12. The molecule has 0 saturated carbocycles. The maximum Gasteiger partial charge on any atom is 0.259 e. The van der Waals surface area contributed by atoms with Crippen LogP contribution in [0.1, 0.15) is 34.9 Å². The Morgan fingerprint density at radius 3 is 2.68 bits per heavy atom. The Balaban J connectivity index is 1.44. The predicted molar refractivity (Wildman–Crippen MR) is 125 cm³/mol. The van der Waals surface area contributed by atoms with Gasteiger partial charge in [0.2, 0.25) is 0 Å². The summed E-state index contributed by atoms with van der Waals surface area (Å²) in [6.07, 6.45) is 2.48. The average Bonchev–Trinajstić information content (AvgIpc) is 3.48. The number of H-pyrrole nitrogens is 1. The first-order valence-corrected chi connectivity index (χ1v) is 12.2. The summed E-state index contributed by atoms with van der Waals surface area (Å²) in [5.74, 6) is 2.13. The van der Waals surface area contributed by atoms with Crippen molar-refractivity contribution >= 4 is 33.3 Å². The van der Waals surface area contributed by atoms with Gasteiger partial charge in [-0.2, -0.15) is 0 Å². The zero-order valence-electron chi connectivity index (χ0n) is 17.6. The minimum atomic E-state index is -0.0679. The van der Waals surface area contributed by atoms with Gasteiger partial charge in [0, 0.05) is 10.6 Å². The van der Waals surface area contributed by atoms with E-state index in [0.717, 1.165) is 51.6 Å². The molecule has 1 aromatic carbocycles. The number of likely N-dealkylation sites (tertiary alicyclic amines) is 1. The molecule has 3 aromatic heterocycles. The molecular formula is C22H24N6OS2. The number of aromatic amines is 1. The maximum absolute atomic E-state index is 12.6. The van der Waals surface area contributed by atoms with Gasteiger partial charge in [-0.3, -0.25) is 14.3 Å². The first-order chi connectivity index (χ1) is 15.1. The summed E-state index contributed by atoms with van der Waals surface area (Å²) in [6.45, 7) is 7.00. The average molecular weight is 453 g/mol. The molecule has 1 saturated heterocycles. The predicted octanol–water partition coefficient (Wildman–Crippen LogP) is 4.07. The van der Waals surface area contributed by atoms with Crippen molar-refractivity contribution in [2.75, 3.05) is 13.1 Å². The highest BCUT2D eigenvalue weighted by atomic mass is 32.2. The van der Waals surface area contributed by atoms with E-state index in [-0.39, 0.29) is 5.56 Å². The largest absolute Gasteiger partial charge is 0.309 e. The van der Waals surface area contributed by atoms with E-state index < -0.39 is 0 Å². The van der Waals surface area contributed by atoms with E-state index in [0.29, 0.717) is 17.0 Å². The topological polar surface area (TPSA) is 79.7 Å². The highest BCUT2D eigenvalue weighted by Gasteiger charge is 2.20. The van der Waals surface area contributed by atoms with Crippen molar-refractivity contribution < 1.29 is 0 Å². The molecule has 31 heavy (non-hydrogen) atoms. The number of hydrogen-bond acceptors (Lipinski definition) is 7. The van der Waals surface area contributed by atoms with Crippen molar-refractivity contribution in [3.63, 3.8) is 0 Å². The van der Waals surface area contributed by atoms with Crippen molar-refractivity contribution in [2.24, 2.45) is 0 Å². The zero-order chi connectivity index (χ0) is 21.4. The molecule has 0 spiro atoms. The molecule has 1 aliphatic rings. The summed E-state index contributed by atoms with van der Waals surface area (Å²) < 4.78 is 2.12. The van der Waals surface area contributed by atoms with Gasteiger partial charge in [-0.15, -0.1) is 21.5 Å². The van der Waals surface area contributed by atoms with Gasteiger partial charge in [0.05, 0.1) is 17.7 Å². The summed E-state index contributed by atoms with van der Waals surface area (Å²) in [6, 6.07) is 10.2. The second-order valence-corrected chi connectivity index (χ2v) is 9.96. The lowest BCUT2D eigenvalue weighted by Crippen LogP contribution is -2.21. The Kier molecular flexibility index (Phi) is 5.64. The highest BCUT2D eigenvalue weighted by Crippen LogP contribution is 2.28. The van der Waals surface area contributed by atoms with E-state index >= 15 is 0 Å². The lowest BCUT2D eigenvalue weighted by molar-refractivity contribution is 0.319. The zero-order valence-corrected chi connectivity index (χ0v) is 19.2. The first-order valence-electron chi connectivity index (χ1n) is 10.4. The molecule has 0 amide bonds. The third-order valence-electron chi connectivity index (χ3n) is 5.70. The SMILES string of the molecule is Cc1sc2nc(CSc3nnc(CN4CCCC4)n3-c3ccccc3)[nH]c(=O)c2c1C. The Morgan fingerprint density at radius 1 is 1.13 bits per heavy atom. The van der Waals surface area contributed by atoms with E-state index in [9.17, 15) is 4.79 Å². The number of thiophene rings is 1. The second kappa shape index (κ2) is 8.57. The lowest BCUT2D eigenvalue weighted by atomic mass is 10.2. The number of para-hydroxylation sites is 1. The van der Waals surface area contributed by atoms with Crippen LogP contribution in [0.25, 0.3) is 15.9 Å². The van der Waals surface area contributed by atoms with Crippen LogP contribution in [0.5, 0.6) is 0 Å². The molecule has 0 aliphatic carbocycles. The van der Waals surface area contributed by atoms with Gasteiger partial charge < -0.3 is 4.98 Å². The number of fused-ring (bicyclic) bond motifs is 1. The molecule has 0 atom stereocenters. The molecule has 0 unspecified atom stereocenters. The molecule has 1 fully saturated rings. The Morgan fingerprint density at radius 2 is 1.90 bits per heavy atom. The molecule has 160 valence electrons. The van der Waals surface area contributed by atoms with E-state index in [1.165, 1.54) is 12.8 Å². The van der Waals surface area contributed by atoms with E-state index in [1.807, 2.05) is 32.0 Å². The minimum absolute atomic E-state index is 0.0679. The molecular weight excluding hydrogens is 428 g/mol. The van der Waals surface area contributed by atoms with Gasteiger partial charge in [0.25, 0.3) is 5.56 Å². The molecule has 1 aliphatic heterocycles. The van der Waals surface area contributed by atoms with E-state index in [1.54, 1.807) is 23.1 Å². The minimum Gasteiger partial charge on any atom is -0.309 e. The van der Waals surface area contributed by atoms with E-state index in [2.05, 4.69) is 36.8 Å². The van der Waals surface area contributed by atoms with Crippen LogP contribution >= 0.6 is 23.1 Å². The molecule has 5 rings (SSSR count). The van der Waals surface area contributed by atoms with Gasteiger partial charge in [-0.25, -0.2) is 4.98 Å². The summed E-state index contributed by atoms with van der Waals surface area (Å²) in [5, 5.41) is 10.5. The number of nitrogens with zero attached hydrogens (tertiary/aromatic N) is 5. The van der Waals surface area contributed by atoms with Crippen LogP contribution in [0, 0.1) is 13.8 Å². The third kappa shape index (κ3) is 4.05. The monoisotopic (exact) mass is 452 g/mol. The quantitative estimate of drug-likeness (QED) is 0.444. The third-order valence-corrected chi connectivity index (χ3v) is 7.75. The summed E-state index contributed by atoms with van der Waals surface area (Å²) in [4.78, 5) is 24.6. The van der Waals surface area contributed by atoms with Gasteiger partial charge in [-0.1, -0.05) is 30.0 Å². The fraction of sp³-hybridized carbons (Fsp3) is 0.364. The van der Waals surface area contributed by atoms with Crippen molar-refractivity contribution in [1.82, 2.24) is 29.6 Å². The fourth-order valence-electron chi connectivity index (χ4n) is 3.97. The van der Waals surface area contributed by atoms with Crippen LogP contribution in [0.2, 0.25) is 0 Å². The number of rotatable bonds is 6. The van der Waals surface area contributed by atoms with Gasteiger partial charge in [0.15, 0.2) is 11.0 Å². The van der Waals surface area contributed by atoms with Crippen molar-refractivity contribution in [2.45, 2.75) is 44.1 Å². The number of hydrogen-bond donors (Lipinski definition) is 1. The van der Waals surface area contributed by atoms with Gasteiger partial charge in [-0.05, 0) is 57.5 Å².